The second-order valence-electron chi connectivity index (χ2n) is 4.11. The molecule has 1 aliphatic rings. The fourth-order valence-corrected chi connectivity index (χ4v) is 1.67. The molecule has 1 amide bonds. The summed E-state index contributed by atoms with van der Waals surface area (Å²) in [6.45, 7) is 8.45. The minimum atomic E-state index is 0.192. The van der Waals surface area contributed by atoms with Crippen molar-refractivity contribution < 1.29 is 4.79 Å². The topological polar surface area (TPSA) is 49.6 Å². The van der Waals surface area contributed by atoms with Gasteiger partial charge in [-0.3, -0.25) is 9.69 Å². The standard InChI is InChI=1S/C10H21N3O/c1-9(11)3-4-12-5-7-13(8-6-12)10(2)14/h9H,3-8,11H2,1-2H3. The Labute approximate surface area is 86.0 Å². The highest BCUT2D eigenvalue weighted by Gasteiger charge is 2.17. The highest BCUT2D eigenvalue weighted by Crippen LogP contribution is 2.03. The van der Waals surface area contributed by atoms with Gasteiger partial charge in [-0.25, -0.2) is 0 Å². The van der Waals surface area contributed by atoms with Crippen LogP contribution in [0.5, 0.6) is 0 Å². The van der Waals surface area contributed by atoms with Gasteiger partial charge in [0.25, 0.3) is 0 Å². The number of nitrogens with two attached hydrogens (primary N) is 1. The smallest absolute Gasteiger partial charge is 0.219 e. The van der Waals surface area contributed by atoms with Crippen LogP contribution in [0.1, 0.15) is 20.3 Å². The molecule has 1 fully saturated rings. The quantitative estimate of drug-likeness (QED) is 0.690. The van der Waals surface area contributed by atoms with Gasteiger partial charge in [0.15, 0.2) is 0 Å². The molecular weight excluding hydrogens is 178 g/mol. The fourth-order valence-electron chi connectivity index (χ4n) is 1.67. The number of hydrogen-bond acceptors (Lipinski definition) is 3. The first-order valence-electron chi connectivity index (χ1n) is 5.33. The van der Waals surface area contributed by atoms with Gasteiger partial charge < -0.3 is 10.6 Å². The number of piperazine rings is 1. The van der Waals surface area contributed by atoms with E-state index in [4.69, 9.17) is 5.73 Å². The number of hydrogen-bond donors (Lipinski definition) is 1. The van der Waals surface area contributed by atoms with E-state index in [0.29, 0.717) is 0 Å². The molecule has 1 rings (SSSR count). The number of nitrogens with zero attached hydrogens (tertiary/aromatic N) is 2. The van der Waals surface area contributed by atoms with E-state index >= 15 is 0 Å². The second kappa shape index (κ2) is 5.32. The third kappa shape index (κ3) is 3.64. The summed E-state index contributed by atoms with van der Waals surface area (Å²) in [5, 5.41) is 0. The Morgan fingerprint density at radius 3 is 2.36 bits per heavy atom. The minimum Gasteiger partial charge on any atom is -0.340 e. The van der Waals surface area contributed by atoms with Crippen LogP contribution < -0.4 is 5.73 Å². The highest BCUT2D eigenvalue weighted by atomic mass is 16.2. The molecule has 2 N–H and O–H groups in total. The van der Waals surface area contributed by atoms with Gasteiger partial charge in [0.05, 0.1) is 0 Å². The molecule has 82 valence electrons. The van der Waals surface area contributed by atoms with Gasteiger partial charge in [0.2, 0.25) is 5.91 Å². The third-order valence-corrected chi connectivity index (χ3v) is 2.72. The fraction of sp³-hybridized carbons (Fsp3) is 0.900. The van der Waals surface area contributed by atoms with Crippen LogP contribution in [-0.4, -0.2) is 54.5 Å². The lowest BCUT2D eigenvalue weighted by atomic mass is 10.2. The van der Waals surface area contributed by atoms with Crippen molar-refractivity contribution in [2.24, 2.45) is 5.73 Å². The number of carbonyl (C=O) groups excluding carboxylic acids is 1. The predicted molar refractivity (Wildman–Crippen MR) is 57.0 cm³/mol. The van der Waals surface area contributed by atoms with Crippen LogP contribution >= 0.6 is 0 Å². The molecule has 0 aromatic carbocycles. The molecule has 4 heteroatoms. The van der Waals surface area contributed by atoms with Crippen molar-refractivity contribution in [3.63, 3.8) is 0 Å². The van der Waals surface area contributed by atoms with E-state index in [1.54, 1.807) is 6.92 Å². The van der Waals surface area contributed by atoms with Gasteiger partial charge >= 0.3 is 0 Å². The van der Waals surface area contributed by atoms with E-state index in [1.807, 2.05) is 11.8 Å². The van der Waals surface area contributed by atoms with Gasteiger partial charge in [-0.15, -0.1) is 0 Å². The maximum absolute atomic E-state index is 11.1. The molecule has 1 saturated heterocycles. The lowest BCUT2D eigenvalue weighted by Gasteiger charge is -2.34. The van der Waals surface area contributed by atoms with E-state index in [-0.39, 0.29) is 11.9 Å². The molecule has 0 aromatic heterocycles. The van der Waals surface area contributed by atoms with Crippen LogP contribution in [0.4, 0.5) is 0 Å². The number of rotatable bonds is 3. The van der Waals surface area contributed by atoms with Crippen LogP contribution in [0.3, 0.4) is 0 Å². The van der Waals surface area contributed by atoms with Crippen molar-refractivity contribution in [3.8, 4) is 0 Å². The maximum Gasteiger partial charge on any atom is 0.219 e. The summed E-state index contributed by atoms with van der Waals surface area (Å²) in [5.41, 5.74) is 5.69. The molecule has 14 heavy (non-hydrogen) atoms. The van der Waals surface area contributed by atoms with Crippen LogP contribution in [0.25, 0.3) is 0 Å². The van der Waals surface area contributed by atoms with Crippen LogP contribution in [0.15, 0.2) is 0 Å². The average molecular weight is 199 g/mol. The summed E-state index contributed by atoms with van der Waals surface area (Å²) in [7, 11) is 0. The molecule has 0 bridgehead atoms. The monoisotopic (exact) mass is 199 g/mol. The Hall–Kier alpha value is -0.610. The van der Waals surface area contributed by atoms with Crippen molar-refractivity contribution in [1.29, 1.82) is 0 Å². The summed E-state index contributed by atoms with van der Waals surface area (Å²) in [6.07, 6.45) is 1.04. The molecule has 0 aromatic rings. The number of carbonyl (C=O) groups is 1. The molecular formula is C10H21N3O. The van der Waals surface area contributed by atoms with Crippen LogP contribution in [-0.2, 0) is 4.79 Å². The number of amides is 1. The zero-order chi connectivity index (χ0) is 10.6. The highest BCUT2D eigenvalue weighted by molar-refractivity contribution is 5.73. The predicted octanol–water partition coefficient (Wildman–Crippen LogP) is -0.112. The van der Waals surface area contributed by atoms with Gasteiger partial charge in [-0.2, -0.15) is 0 Å². The third-order valence-electron chi connectivity index (χ3n) is 2.72. The lowest BCUT2D eigenvalue weighted by Crippen LogP contribution is -2.48. The lowest BCUT2D eigenvalue weighted by molar-refractivity contribution is -0.130. The van der Waals surface area contributed by atoms with Gasteiger partial charge in [0.1, 0.15) is 0 Å². The van der Waals surface area contributed by atoms with E-state index in [1.165, 1.54) is 0 Å². The maximum atomic E-state index is 11.1. The Balaban J connectivity index is 2.19. The average Bonchev–Trinajstić information content (AvgIpc) is 2.15. The van der Waals surface area contributed by atoms with E-state index in [9.17, 15) is 4.79 Å². The molecule has 1 aliphatic heterocycles. The first-order valence-corrected chi connectivity index (χ1v) is 5.33. The largest absolute Gasteiger partial charge is 0.340 e. The van der Waals surface area contributed by atoms with E-state index in [0.717, 1.165) is 39.1 Å². The van der Waals surface area contributed by atoms with Crippen molar-refractivity contribution in [3.05, 3.63) is 0 Å². The molecule has 0 radical (unpaired) electrons. The first-order chi connectivity index (χ1) is 6.59. The molecule has 4 nitrogen and oxygen atoms in total. The van der Waals surface area contributed by atoms with Crippen molar-refractivity contribution >= 4 is 5.91 Å². The Kier molecular flexibility index (Phi) is 4.35. The normalized spacial score (nSPS) is 20.9. The van der Waals surface area contributed by atoms with E-state index in [2.05, 4.69) is 4.90 Å². The summed E-state index contributed by atoms with van der Waals surface area (Å²) in [5.74, 6) is 0.192. The van der Waals surface area contributed by atoms with Gasteiger partial charge in [0, 0.05) is 39.1 Å². The van der Waals surface area contributed by atoms with Gasteiger partial charge in [-0.1, -0.05) is 0 Å². The molecule has 1 atom stereocenters. The zero-order valence-corrected chi connectivity index (χ0v) is 9.20. The summed E-state index contributed by atoms with van der Waals surface area (Å²) in [4.78, 5) is 15.3. The molecule has 0 spiro atoms. The van der Waals surface area contributed by atoms with Crippen LogP contribution in [0, 0.1) is 0 Å². The molecule has 0 aliphatic carbocycles. The van der Waals surface area contributed by atoms with Crippen molar-refractivity contribution in [2.75, 3.05) is 32.7 Å². The Morgan fingerprint density at radius 2 is 1.93 bits per heavy atom. The Morgan fingerprint density at radius 1 is 1.36 bits per heavy atom. The SMILES string of the molecule is CC(=O)N1CCN(CCC(C)N)CC1. The summed E-state index contributed by atoms with van der Waals surface area (Å²) < 4.78 is 0. The van der Waals surface area contributed by atoms with Crippen molar-refractivity contribution in [2.45, 2.75) is 26.3 Å². The molecule has 0 saturated carbocycles. The minimum absolute atomic E-state index is 0.192. The van der Waals surface area contributed by atoms with E-state index < -0.39 is 0 Å². The molecule has 1 heterocycles. The first kappa shape index (κ1) is 11.5. The van der Waals surface area contributed by atoms with Gasteiger partial charge in [-0.05, 0) is 19.9 Å². The summed E-state index contributed by atoms with van der Waals surface area (Å²) in [6, 6.07) is 0.279. The zero-order valence-electron chi connectivity index (χ0n) is 9.20. The van der Waals surface area contributed by atoms with Crippen molar-refractivity contribution in [1.82, 2.24) is 9.80 Å². The van der Waals surface area contributed by atoms with Crippen LogP contribution in [0.2, 0.25) is 0 Å². The molecule has 1 unspecified atom stereocenters. The second-order valence-corrected chi connectivity index (χ2v) is 4.11. The summed E-state index contributed by atoms with van der Waals surface area (Å²) >= 11 is 0. The Bertz CT molecular complexity index is 186.